The van der Waals surface area contributed by atoms with Gasteiger partial charge in [-0.3, -0.25) is 9.55 Å². The minimum absolute atomic E-state index is 0.127. The van der Waals surface area contributed by atoms with Gasteiger partial charge in [0.2, 0.25) is 0 Å². The van der Waals surface area contributed by atoms with Gasteiger partial charge in [0, 0.05) is 17.3 Å². The van der Waals surface area contributed by atoms with Crippen molar-refractivity contribution in [2.24, 2.45) is 0 Å². The quantitative estimate of drug-likeness (QED) is 0.404. The first kappa shape index (κ1) is 20.5. The van der Waals surface area contributed by atoms with E-state index in [0.29, 0.717) is 27.5 Å². The largest absolute Gasteiger partial charge is 0.433 e. The molecule has 0 amide bonds. The zero-order valence-electron chi connectivity index (χ0n) is 16.5. The monoisotopic (exact) mass is 456 g/mol. The van der Waals surface area contributed by atoms with Crippen molar-refractivity contribution in [1.29, 1.82) is 0 Å². The van der Waals surface area contributed by atoms with Crippen LogP contribution in [-0.2, 0) is 6.18 Å². The van der Waals surface area contributed by atoms with Gasteiger partial charge in [-0.25, -0.2) is 4.79 Å². The molecule has 1 aliphatic rings. The average Bonchev–Trinajstić information content (AvgIpc) is 3.60. The Morgan fingerprint density at radius 1 is 1.06 bits per heavy atom. The summed E-state index contributed by atoms with van der Waals surface area (Å²) in [5.74, 6) is 0.600. The predicted molar refractivity (Wildman–Crippen MR) is 117 cm³/mol. The molecule has 162 valence electrons. The molecule has 1 N–H and O–H groups in total. The Morgan fingerprint density at radius 3 is 2.56 bits per heavy atom. The van der Waals surface area contributed by atoms with E-state index in [9.17, 15) is 18.0 Å². The Kier molecular flexibility index (Phi) is 4.89. The molecule has 0 aliphatic heterocycles. The van der Waals surface area contributed by atoms with Crippen LogP contribution in [0.25, 0.3) is 16.6 Å². The first-order valence-corrected chi connectivity index (χ1v) is 10.3. The number of hydrogen-bond donors (Lipinski definition) is 1. The maximum Gasteiger partial charge on any atom is 0.433 e. The molecule has 2 aromatic carbocycles. The lowest BCUT2D eigenvalue weighted by Gasteiger charge is -2.16. The topological polar surface area (TPSA) is 59.8 Å². The van der Waals surface area contributed by atoms with E-state index in [1.807, 2.05) is 18.2 Å². The van der Waals surface area contributed by atoms with E-state index in [4.69, 9.17) is 11.6 Å². The third kappa shape index (κ3) is 3.82. The second kappa shape index (κ2) is 7.63. The number of alkyl halides is 3. The molecule has 0 unspecified atom stereocenters. The van der Waals surface area contributed by atoms with Gasteiger partial charge in [-0.15, -0.1) is 0 Å². The fourth-order valence-electron chi connectivity index (χ4n) is 3.67. The number of nitrogens with one attached hydrogen (secondary N) is 1. The van der Waals surface area contributed by atoms with Gasteiger partial charge < -0.3 is 5.32 Å². The summed E-state index contributed by atoms with van der Waals surface area (Å²) < 4.78 is 40.6. The number of halogens is 4. The molecule has 1 aliphatic carbocycles. The van der Waals surface area contributed by atoms with Gasteiger partial charge >= 0.3 is 11.9 Å². The van der Waals surface area contributed by atoms with Crippen LogP contribution in [0.1, 0.15) is 30.0 Å². The van der Waals surface area contributed by atoms with Crippen molar-refractivity contribution in [1.82, 2.24) is 14.5 Å². The smallest absolute Gasteiger partial charge is 0.339 e. The van der Waals surface area contributed by atoms with Crippen molar-refractivity contribution in [3.8, 4) is 5.69 Å². The Bertz CT molecular complexity index is 1400. The number of para-hydroxylation sites is 1. The second-order valence-electron chi connectivity index (χ2n) is 7.63. The second-order valence-corrected chi connectivity index (χ2v) is 8.04. The molecule has 9 heteroatoms. The zero-order valence-corrected chi connectivity index (χ0v) is 17.3. The lowest BCUT2D eigenvalue weighted by molar-refractivity contribution is -0.141. The van der Waals surface area contributed by atoms with E-state index in [2.05, 4.69) is 15.3 Å². The first-order chi connectivity index (χ1) is 15.3. The summed E-state index contributed by atoms with van der Waals surface area (Å²) in [4.78, 5) is 20.6. The summed E-state index contributed by atoms with van der Waals surface area (Å²) in [6, 6.07) is 14.9. The van der Waals surface area contributed by atoms with Crippen LogP contribution in [0.15, 0.2) is 65.6 Å². The van der Waals surface area contributed by atoms with E-state index in [0.717, 1.165) is 30.7 Å². The summed E-state index contributed by atoms with van der Waals surface area (Å²) in [5.41, 5.74) is 0.660. The number of nitrogens with zero attached hydrogens (tertiary/aromatic N) is 3. The fraction of sp³-hybridized carbons (Fsp3) is 0.174. The average molecular weight is 457 g/mol. The van der Waals surface area contributed by atoms with Gasteiger partial charge in [-0.2, -0.15) is 18.2 Å². The van der Waals surface area contributed by atoms with Crippen LogP contribution < -0.4 is 11.0 Å². The summed E-state index contributed by atoms with van der Waals surface area (Å²) in [5, 5.41) is 3.83. The lowest BCUT2D eigenvalue weighted by atomic mass is 10.1. The Hall–Kier alpha value is -3.39. The van der Waals surface area contributed by atoms with Crippen LogP contribution in [-0.4, -0.2) is 14.5 Å². The normalized spacial score (nSPS) is 14.0. The van der Waals surface area contributed by atoms with Crippen molar-refractivity contribution in [3.05, 3.63) is 87.6 Å². The third-order valence-electron chi connectivity index (χ3n) is 5.37. The molecule has 0 radical (unpaired) electrons. The summed E-state index contributed by atoms with van der Waals surface area (Å²) >= 11 is 6.36. The Morgan fingerprint density at radius 2 is 1.84 bits per heavy atom. The van der Waals surface area contributed by atoms with Crippen LogP contribution in [0.4, 0.5) is 24.7 Å². The molecule has 2 heterocycles. The van der Waals surface area contributed by atoms with Gasteiger partial charge in [0.1, 0.15) is 11.5 Å². The molecule has 5 rings (SSSR count). The third-order valence-corrected chi connectivity index (χ3v) is 5.69. The number of aromatic nitrogens is 3. The SMILES string of the molecule is O=c1nc(Nc2ccnc(C(F)(F)F)c2)c2ccc(C3CC3)cc2n1-c1ccccc1Cl. The lowest BCUT2D eigenvalue weighted by Crippen LogP contribution is -2.23. The number of rotatable bonds is 4. The maximum atomic E-state index is 13.1. The molecular weight excluding hydrogens is 441 g/mol. The Balaban J connectivity index is 1.69. The summed E-state index contributed by atoms with van der Waals surface area (Å²) in [6.07, 6.45) is -1.37. The molecule has 0 saturated heterocycles. The molecule has 1 fully saturated rings. The number of benzene rings is 2. The standard InChI is InChI=1S/C23H16ClF3N4O/c24-17-3-1-2-4-18(17)31-19-11-14(13-5-6-13)7-8-16(19)21(30-22(31)32)29-15-9-10-28-20(12-15)23(25,26)27/h1-4,7-13H,5-6H2,(H,28,29,30,32). The molecule has 4 aromatic rings. The van der Waals surface area contributed by atoms with E-state index in [1.165, 1.54) is 10.6 Å². The van der Waals surface area contributed by atoms with Gasteiger partial charge in [0.25, 0.3) is 0 Å². The van der Waals surface area contributed by atoms with E-state index in [1.54, 1.807) is 24.3 Å². The van der Waals surface area contributed by atoms with Crippen molar-refractivity contribution in [2.75, 3.05) is 5.32 Å². The molecular formula is C23H16ClF3N4O. The van der Waals surface area contributed by atoms with Crippen LogP contribution in [0.2, 0.25) is 5.02 Å². The van der Waals surface area contributed by atoms with Crippen molar-refractivity contribution in [3.63, 3.8) is 0 Å². The number of anilines is 2. The van der Waals surface area contributed by atoms with Crippen LogP contribution in [0.3, 0.4) is 0 Å². The highest BCUT2D eigenvalue weighted by molar-refractivity contribution is 6.32. The van der Waals surface area contributed by atoms with Crippen molar-refractivity contribution < 1.29 is 13.2 Å². The molecule has 0 atom stereocenters. The van der Waals surface area contributed by atoms with E-state index >= 15 is 0 Å². The van der Waals surface area contributed by atoms with Crippen LogP contribution in [0, 0.1) is 0 Å². The Labute approximate surface area is 185 Å². The number of hydrogen-bond acceptors (Lipinski definition) is 4. The van der Waals surface area contributed by atoms with Crippen LogP contribution in [0.5, 0.6) is 0 Å². The molecule has 32 heavy (non-hydrogen) atoms. The zero-order chi connectivity index (χ0) is 22.5. The van der Waals surface area contributed by atoms with Gasteiger partial charge in [0.15, 0.2) is 0 Å². The molecule has 2 aromatic heterocycles. The van der Waals surface area contributed by atoms with Gasteiger partial charge in [0.05, 0.1) is 16.2 Å². The molecule has 0 spiro atoms. The maximum absolute atomic E-state index is 13.1. The molecule has 0 bridgehead atoms. The first-order valence-electron chi connectivity index (χ1n) is 9.93. The highest BCUT2D eigenvalue weighted by Gasteiger charge is 2.32. The van der Waals surface area contributed by atoms with Crippen molar-refractivity contribution in [2.45, 2.75) is 24.9 Å². The highest BCUT2D eigenvalue weighted by atomic mass is 35.5. The highest BCUT2D eigenvalue weighted by Crippen LogP contribution is 2.41. The van der Waals surface area contributed by atoms with Gasteiger partial charge in [-0.05, 0) is 60.7 Å². The summed E-state index contributed by atoms with van der Waals surface area (Å²) in [7, 11) is 0. The predicted octanol–water partition coefficient (Wildman–Crippen LogP) is 6.07. The van der Waals surface area contributed by atoms with Gasteiger partial charge in [-0.1, -0.05) is 29.8 Å². The van der Waals surface area contributed by atoms with Crippen LogP contribution >= 0.6 is 11.6 Å². The molecule has 5 nitrogen and oxygen atoms in total. The number of fused-ring (bicyclic) bond motifs is 1. The molecule has 1 saturated carbocycles. The number of pyridine rings is 1. The summed E-state index contributed by atoms with van der Waals surface area (Å²) in [6.45, 7) is 0. The fourth-order valence-corrected chi connectivity index (χ4v) is 3.89. The van der Waals surface area contributed by atoms with Crippen molar-refractivity contribution >= 4 is 34.0 Å². The minimum atomic E-state index is -4.58. The van der Waals surface area contributed by atoms with E-state index < -0.39 is 17.6 Å². The minimum Gasteiger partial charge on any atom is -0.339 e. The van der Waals surface area contributed by atoms with E-state index in [-0.39, 0.29) is 11.5 Å².